The molecule has 0 radical (unpaired) electrons. The van der Waals surface area contributed by atoms with Crippen LogP contribution in [0.4, 0.5) is 0 Å². The van der Waals surface area contributed by atoms with E-state index in [4.69, 9.17) is 10.1 Å². The topological polar surface area (TPSA) is 95.9 Å². The molecule has 1 aliphatic rings. The molecule has 6 nitrogen and oxygen atoms in total. The van der Waals surface area contributed by atoms with Crippen molar-refractivity contribution < 1.29 is 9.53 Å². The Labute approximate surface area is 78.4 Å². The molecule has 0 fully saturated rings. The molecule has 0 bridgehead atoms. The summed E-state index contributed by atoms with van der Waals surface area (Å²) >= 11 is 0. The number of carbonyl (C=O) groups is 1. The number of H-pyrrole nitrogens is 1. The molecular weight excluding hydrogens is 186 g/mol. The van der Waals surface area contributed by atoms with E-state index in [-0.39, 0.29) is 17.0 Å². The SMILES string of the molecule is CC1C(=N)c2c(cn[nH]c2=O)OC1=O. The Morgan fingerprint density at radius 1 is 1.57 bits per heavy atom. The highest BCUT2D eigenvalue weighted by Gasteiger charge is 2.32. The van der Waals surface area contributed by atoms with Crippen molar-refractivity contribution in [1.82, 2.24) is 10.2 Å². The Balaban J connectivity index is 2.69. The van der Waals surface area contributed by atoms with E-state index in [9.17, 15) is 9.59 Å². The monoisotopic (exact) mass is 193 g/mol. The summed E-state index contributed by atoms with van der Waals surface area (Å²) in [6, 6.07) is 0. The number of carbonyl (C=O) groups excluding carboxylic acids is 1. The summed E-state index contributed by atoms with van der Waals surface area (Å²) in [5, 5.41) is 13.3. The van der Waals surface area contributed by atoms with Gasteiger partial charge in [-0.2, -0.15) is 5.10 Å². The van der Waals surface area contributed by atoms with Gasteiger partial charge in [0.1, 0.15) is 5.56 Å². The third-order valence-corrected chi connectivity index (χ3v) is 2.09. The van der Waals surface area contributed by atoms with Gasteiger partial charge in [0, 0.05) is 0 Å². The smallest absolute Gasteiger partial charge is 0.320 e. The summed E-state index contributed by atoms with van der Waals surface area (Å²) in [7, 11) is 0. The first-order chi connectivity index (χ1) is 6.61. The van der Waals surface area contributed by atoms with Gasteiger partial charge in [0.2, 0.25) is 0 Å². The van der Waals surface area contributed by atoms with Gasteiger partial charge in [0.05, 0.1) is 17.8 Å². The van der Waals surface area contributed by atoms with Crippen LogP contribution in [0.25, 0.3) is 0 Å². The van der Waals surface area contributed by atoms with Gasteiger partial charge in [-0.15, -0.1) is 0 Å². The van der Waals surface area contributed by atoms with Crippen LogP contribution < -0.4 is 10.3 Å². The molecule has 1 unspecified atom stereocenters. The van der Waals surface area contributed by atoms with E-state index in [1.54, 1.807) is 0 Å². The van der Waals surface area contributed by atoms with E-state index in [2.05, 4.69) is 10.2 Å². The van der Waals surface area contributed by atoms with Crippen molar-refractivity contribution in [2.24, 2.45) is 5.92 Å². The van der Waals surface area contributed by atoms with Gasteiger partial charge in [0.15, 0.2) is 5.75 Å². The van der Waals surface area contributed by atoms with Crippen molar-refractivity contribution in [2.75, 3.05) is 0 Å². The van der Waals surface area contributed by atoms with Crippen LogP contribution in [-0.2, 0) is 4.79 Å². The predicted octanol–water partition coefficient (Wildman–Crippen LogP) is -0.307. The van der Waals surface area contributed by atoms with Gasteiger partial charge in [-0.05, 0) is 6.92 Å². The molecule has 0 amide bonds. The fraction of sp³-hybridized carbons (Fsp3) is 0.250. The molecule has 14 heavy (non-hydrogen) atoms. The average Bonchev–Trinajstić information content (AvgIpc) is 2.14. The number of hydrogen-bond acceptors (Lipinski definition) is 5. The standard InChI is InChI=1S/C8H7N3O3/c1-3-6(9)5-4(14-8(3)13)2-10-11-7(5)12/h2-3,9H,1H3,(H,11,12). The number of nitrogens with zero attached hydrogens (tertiary/aromatic N) is 1. The van der Waals surface area contributed by atoms with Crippen LogP contribution in [0.5, 0.6) is 5.75 Å². The highest BCUT2D eigenvalue weighted by molar-refractivity contribution is 6.14. The van der Waals surface area contributed by atoms with E-state index in [1.165, 1.54) is 13.1 Å². The molecule has 72 valence electrons. The van der Waals surface area contributed by atoms with Crippen LogP contribution in [0, 0.1) is 11.3 Å². The van der Waals surface area contributed by atoms with Crippen LogP contribution >= 0.6 is 0 Å². The molecule has 0 aliphatic carbocycles. The molecule has 2 rings (SSSR count). The summed E-state index contributed by atoms with van der Waals surface area (Å²) in [6.45, 7) is 1.52. The molecule has 0 aromatic carbocycles. The summed E-state index contributed by atoms with van der Waals surface area (Å²) in [5.41, 5.74) is -0.446. The van der Waals surface area contributed by atoms with Crippen molar-refractivity contribution >= 4 is 11.7 Å². The number of esters is 1. The van der Waals surface area contributed by atoms with E-state index >= 15 is 0 Å². The minimum absolute atomic E-state index is 0.0279. The van der Waals surface area contributed by atoms with E-state index in [1.807, 2.05) is 0 Å². The lowest BCUT2D eigenvalue weighted by Crippen LogP contribution is -2.36. The number of aromatic nitrogens is 2. The van der Waals surface area contributed by atoms with Gasteiger partial charge >= 0.3 is 5.97 Å². The van der Waals surface area contributed by atoms with Gasteiger partial charge in [0.25, 0.3) is 5.56 Å². The minimum Gasteiger partial charge on any atom is -0.423 e. The predicted molar refractivity (Wildman–Crippen MR) is 46.5 cm³/mol. The number of aromatic amines is 1. The highest BCUT2D eigenvalue weighted by atomic mass is 16.5. The lowest BCUT2D eigenvalue weighted by molar-refractivity contribution is -0.136. The van der Waals surface area contributed by atoms with Crippen LogP contribution in [0.15, 0.2) is 11.0 Å². The first-order valence-corrected chi connectivity index (χ1v) is 3.99. The fourth-order valence-corrected chi connectivity index (χ4v) is 1.25. The van der Waals surface area contributed by atoms with Crippen molar-refractivity contribution in [3.63, 3.8) is 0 Å². The Morgan fingerprint density at radius 3 is 3.00 bits per heavy atom. The quantitative estimate of drug-likeness (QED) is 0.552. The molecule has 1 aliphatic heterocycles. The number of rotatable bonds is 0. The molecule has 0 spiro atoms. The Bertz CT molecular complexity index is 477. The van der Waals surface area contributed by atoms with Gasteiger partial charge in [-0.25, -0.2) is 5.10 Å². The molecule has 0 saturated heterocycles. The van der Waals surface area contributed by atoms with Gasteiger partial charge in [-0.3, -0.25) is 9.59 Å². The molecule has 2 heterocycles. The lowest BCUT2D eigenvalue weighted by atomic mass is 9.97. The second kappa shape index (κ2) is 2.76. The van der Waals surface area contributed by atoms with Crippen molar-refractivity contribution in [3.8, 4) is 5.75 Å². The summed E-state index contributed by atoms with van der Waals surface area (Å²) < 4.78 is 4.83. The van der Waals surface area contributed by atoms with Gasteiger partial charge in [-0.1, -0.05) is 0 Å². The zero-order valence-electron chi connectivity index (χ0n) is 7.33. The number of fused-ring (bicyclic) bond motifs is 1. The zero-order chi connectivity index (χ0) is 10.3. The maximum atomic E-state index is 11.3. The zero-order valence-corrected chi connectivity index (χ0v) is 7.33. The first kappa shape index (κ1) is 8.61. The van der Waals surface area contributed by atoms with Gasteiger partial charge < -0.3 is 10.1 Å². The largest absolute Gasteiger partial charge is 0.423 e. The molecule has 6 heteroatoms. The van der Waals surface area contributed by atoms with E-state index in [0.29, 0.717) is 0 Å². The normalized spacial score (nSPS) is 20.2. The maximum absolute atomic E-state index is 11.3. The van der Waals surface area contributed by atoms with Crippen LogP contribution in [-0.4, -0.2) is 21.9 Å². The summed E-state index contributed by atoms with van der Waals surface area (Å²) in [6.07, 6.45) is 1.22. The first-order valence-electron chi connectivity index (χ1n) is 3.99. The second-order valence-corrected chi connectivity index (χ2v) is 2.99. The summed E-state index contributed by atoms with van der Waals surface area (Å²) in [4.78, 5) is 22.5. The van der Waals surface area contributed by atoms with Crippen LogP contribution in [0.3, 0.4) is 0 Å². The average molecular weight is 193 g/mol. The third kappa shape index (κ3) is 1.04. The van der Waals surface area contributed by atoms with E-state index in [0.717, 1.165) is 0 Å². The molecule has 0 saturated carbocycles. The number of hydrogen-bond donors (Lipinski definition) is 2. The van der Waals surface area contributed by atoms with Crippen molar-refractivity contribution in [2.45, 2.75) is 6.92 Å². The molecule has 1 atom stereocenters. The third-order valence-electron chi connectivity index (χ3n) is 2.09. The second-order valence-electron chi connectivity index (χ2n) is 2.99. The van der Waals surface area contributed by atoms with Crippen LogP contribution in [0.2, 0.25) is 0 Å². The number of ether oxygens (including phenoxy) is 1. The molecule has 1 aromatic heterocycles. The van der Waals surface area contributed by atoms with Crippen LogP contribution in [0.1, 0.15) is 12.5 Å². The summed E-state index contributed by atoms with van der Waals surface area (Å²) in [5.74, 6) is -1.18. The molecule has 2 N–H and O–H groups in total. The lowest BCUT2D eigenvalue weighted by Gasteiger charge is -2.19. The fourth-order valence-electron chi connectivity index (χ4n) is 1.25. The highest BCUT2D eigenvalue weighted by Crippen LogP contribution is 2.23. The van der Waals surface area contributed by atoms with Crippen molar-refractivity contribution in [1.29, 1.82) is 5.41 Å². The molecule has 1 aromatic rings. The van der Waals surface area contributed by atoms with E-state index < -0.39 is 17.4 Å². The Kier molecular flexibility index (Phi) is 1.70. The maximum Gasteiger partial charge on any atom is 0.320 e. The Hall–Kier alpha value is -1.98. The van der Waals surface area contributed by atoms with Crippen molar-refractivity contribution in [3.05, 3.63) is 22.1 Å². The molecular formula is C8H7N3O3. The minimum atomic E-state index is -0.703. The Morgan fingerprint density at radius 2 is 2.29 bits per heavy atom. The number of nitrogens with one attached hydrogen (secondary N) is 2.